The van der Waals surface area contributed by atoms with Crippen LogP contribution in [-0.2, 0) is 30.2 Å². The Kier molecular flexibility index (Phi) is 5.12. The molecule has 4 aromatic rings. The molecule has 0 saturated heterocycles. The Hall–Kier alpha value is -3.73. The maximum Gasteiger partial charge on any atom is 0.418 e. The zero-order chi connectivity index (χ0) is 23.2. The van der Waals surface area contributed by atoms with Crippen LogP contribution in [0.4, 0.5) is 24.5 Å². The minimum atomic E-state index is -4.64. The Bertz CT molecular complexity index is 1350. The highest BCUT2D eigenvalue weighted by Gasteiger charge is 2.34. The summed E-state index contributed by atoms with van der Waals surface area (Å²) in [5.41, 5.74) is 8.64. The van der Waals surface area contributed by atoms with Gasteiger partial charge in [0.05, 0.1) is 39.6 Å². The Morgan fingerprint density at radius 3 is 2.85 bits per heavy atom. The number of thiazole rings is 1. The maximum atomic E-state index is 13.3. The van der Waals surface area contributed by atoms with Gasteiger partial charge in [0.25, 0.3) is 0 Å². The van der Waals surface area contributed by atoms with E-state index >= 15 is 0 Å². The molecular formula is C22H17F3N6OS. The number of nitrogen functional groups attached to an aromatic ring is 1. The van der Waals surface area contributed by atoms with Crippen LogP contribution in [-0.4, -0.2) is 26.1 Å². The molecule has 1 amide bonds. The zero-order valence-corrected chi connectivity index (χ0v) is 17.8. The van der Waals surface area contributed by atoms with Gasteiger partial charge in [-0.3, -0.25) is 14.9 Å². The van der Waals surface area contributed by atoms with E-state index in [1.165, 1.54) is 17.4 Å². The minimum absolute atomic E-state index is 0.0334. The number of aromatic amines is 1. The number of carbonyl (C=O) groups is 1. The normalized spacial score (nSPS) is 12.8. The van der Waals surface area contributed by atoms with Gasteiger partial charge in [-0.1, -0.05) is 0 Å². The second kappa shape index (κ2) is 8.00. The van der Waals surface area contributed by atoms with E-state index in [1.807, 2.05) is 12.1 Å². The molecule has 1 aromatic carbocycles. The SMILES string of the molecule is Nc1ccc(NC(=O)Cc2nc3c(s2)-c2[nH]nc(-c4cccnc4)c2CC3)c(C(F)(F)F)c1. The number of amides is 1. The highest BCUT2D eigenvalue weighted by atomic mass is 32.1. The number of halogens is 3. The molecule has 0 atom stereocenters. The fourth-order valence-corrected chi connectivity index (χ4v) is 4.99. The minimum Gasteiger partial charge on any atom is -0.399 e. The predicted octanol–water partition coefficient (Wildman–Crippen LogP) is 4.48. The van der Waals surface area contributed by atoms with Crippen molar-refractivity contribution in [3.8, 4) is 21.8 Å². The van der Waals surface area contributed by atoms with Crippen molar-refractivity contribution in [2.24, 2.45) is 0 Å². The van der Waals surface area contributed by atoms with Gasteiger partial charge in [-0.25, -0.2) is 4.98 Å². The molecule has 3 aromatic heterocycles. The predicted molar refractivity (Wildman–Crippen MR) is 119 cm³/mol. The molecule has 168 valence electrons. The highest BCUT2D eigenvalue weighted by molar-refractivity contribution is 7.15. The number of nitrogens with two attached hydrogens (primary N) is 1. The van der Waals surface area contributed by atoms with Crippen molar-refractivity contribution in [1.29, 1.82) is 0 Å². The molecule has 0 saturated carbocycles. The summed E-state index contributed by atoms with van der Waals surface area (Å²) in [5, 5.41) is 10.4. The summed E-state index contributed by atoms with van der Waals surface area (Å²) in [5.74, 6) is -0.586. The monoisotopic (exact) mass is 470 g/mol. The molecule has 4 N–H and O–H groups in total. The number of alkyl halides is 3. The third-order valence-electron chi connectivity index (χ3n) is 5.32. The summed E-state index contributed by atoms with van der Waals surface area (Å²) in [6, 6.07) is 7.05. The number of H-pyrrole nitrogens is 1. The van der Waals surface area contributed by atoms with Gasteiger partial charge in [-0.05, 0) is 43.2 Å². The summed E-state index contributed by atoms with van der Waals surface area (Å²) in [6.45, 7) is 0. The molecule has 11 heteroatoms. The van der Waals surface area contributed by atoms with Gasteiger partial charge in [0.15, 0.2) is 0 Å². The van der Waals surface area contributed by atoms with Crippen LogP contribution in [0.5, 0.6) is 0 Å². The molecule has 3 heterocycles. The fourth-order valence-electron chi connectivity index (χ4n) is 3.86. The number of pyridine rings is 1. The van der Waals surface area contributed by atoms with Crippen molar-refractivity contribution in [1.82, 2.24) is 20.2 Å². The van der Waals surface area contributed by atoms with Crippen molar-refractivity contribution in [3.63, 3.8) is 0 Å². The molecule has 1 aliphatic carbocycles. The van der Waals surface area contributed by atoms with E-state index in [4.69, 9.17) is 5.73 Å². The van der Waals surface area contributed by atoms with Gasteiger partial charge in [0, 0.05) is 29.2 Å². The van der Waals surface area contributed by atoms with E-state index in [2.05, 4.69) is 25.5 Å². The largest absolute Gasteiger partial charge is 0.418 e. The smallest absolute Gasteiger partial charge is 0.399 e. The van der Waals surface area contributed by atoms with E-state index in [-0.39, 0.29) is 17.8 Å². The quantitative estimate of drug-likeness (QED) is 0.381. The molecule has 0 radical (unpaired) electrons. The van der Waals surface area contributed by atoms with E-state index in [0.717, 1.165) is 51.6 Å². The van der Waals surface area contributed by atoms with E-state index in [9.17, 15) is 18.0 Å². The van der Waals surface area contributed by atoms with Crippen LogP contribution in [0.1, 0.15) is 21.8 Å². The summed E-state index contributed by atoms with van der Waals surface area (Å²) in [6.07, 6.45) is 0.0892. The third-order valence-corrected chi connectivity index (χ3v) is 6.43. The molecule has 7 nitrogen and oxygen atoms in total. The first-order valence-electron chi connectivity index (χ1n) is 10.0. The van der Waals surface area contributed by atoms with E-state index in [1.54, 1.807) is 12.4 Å². The lowest BCUT2D eigenvalue weighted by Gasteiger charge is -2.14. The number of anilines is 2. The van der Waals surface area contributed by atoms with Crippen LogP contribution >= 0.6 is 11.3 Å². The number of nitrogens with one attached hydrogen (secondary N) is 2. The summed E-state index contributed by atoms with van der Waals surface area (Å²) in [4.78, 5) is 22.1. The van der Waals surface area contributed by atoms with Crippen LogP contribution in [0.2, 0.25) is 0 Å². The number of aromatic nitrogens is 4. The molecule has 33 heavy (non-hydrogen) atoms. The molecule has 0 bridgehead atoms. The number of rotatable bonds is 4. The first-order valence-corrected chi connectivity index (χ1v) is 10.8. The maximum absolute atomic E-state index is 13.3. The Morgan fingerprint density at radius 1 is 1.24 bits per heavy atom. The standard InChI is InChI=1S/C22H17F3N6OS/c23-22(24,25)14-8-12(26)3-5-15(14)28-17(32)9-18-29-16-6-4-13-19(11-2-1-7-27-10-11)30-31-20(13)21(16)33-18/h1-3,5,7-8,10H,4,6,9,26H2,(H,28,32)(H,30,31). The van der Waals surface area contributed by atoms with E-state index in [0.29, 0.717) is 11.4 Å². The second-order valence-corrected chi connectivity index (χ2v) is 8.66. The number of nitrogens with zero attached hydrogens (tertiary/aromatic N) is 3. The van der Waals surface area contributed by atoms with Crippen LogP contribution in [0.25, 0.3) is 21.8 Å². The number of carbonyl (C=O) groups excluding carboxylic acids is 1. The van der Waals surface area contributed by atoms with Crippen molar-refractivity contribution in [3.05, 3.63) is 64.6 Å². The van der Waals surface area contributed by atoms with Crippen molar-refractivity contribution in [2.45, 2.75) is 25.4 Å². The Morgan fingerprint density at radius 2 is 2.09 bits per heavy atom. The van der Waals surface area contributed by atoms with Crippen LogP contribution < -0.4 is 11.1 Å². The number of fused-ring (bicyclic) bond motifs is 3. The van der Waals surface area contributed by atoms with Crippen molar-refractivity contribution in [2.75, 3.05) is 11.1 Å². The molecule has 0 aliphatic heterocycles. The Balaban J connectivity index is 1.37. The van der Waals surface area contributed by atoms with Gasteiger partial charge in [0.1, 0.15) is 5.01 Å². The lowest BCUT2D eigenvalue weighted by molar-refractivity contribution is -0.136. The average molecular weight is 470 g/mol. The summed E-state index contributed by atoms with van der Waals surface area (Å²) < 4.78 is 39.9. The van der Waals surface area contributed by atoms with Crippen LogP contribution in [0.15, 0.2) is 42.7 Å². The zero-order valence-electron chi connectivity index (χ0n) is 17.0. The number of benzene rings is 1. The molecule has 5 rings (SSSR count). The van der Waals surface area contributed by atoms with Gasteiger partial charge in [0.2, 0.25) is 5.91 Å². The number of aryl methyl sites for hydroxylation is 1. The second-order valence-electron chi connectivity index (χ2n) is 7.58. The molecule has 0 fully saturated rings. The topological polar surface area (TPSA) is 110 Å². The van der Waals surface area contributed by atoms with Crippen LogP contribution in [0, 0.1) is 0 Å². The molecular weight excluding hydrogens is 453 g/mol. The third kappa shape index (κ3) is 4.07. The van der Waals surface area contributed by atoms with Gasteiger partial charge >= 0.3 is 6.18 Å². The first-order chi connectivity index (χ1) is 15.8. The van der Waals surface area contributed by atoms with Crippen LogP contribution in [0.3, 0.4) is 0 Å². The van der Waals surface area contributed by atoms with Gasteiger partial charge < -0.3 is 11.1 Å². The van der Waals surface area contributed by atoms with E-state index < -0.39 is 17.6 Å². The lowest BCUT2D eigenvalue weighted by Crippen LogP contribution is -2.18. The van der Waals surface area contributed by atoms with Crippen molar-refractivity contribution < 1.29 is 18.0 Å². The summed E-state index contributed by atoms with van der Waals surface area (Å²) in [7, 11) is 0. The fraction of sp³-hybridized carbons (Fsp3) is 0.182. The number of hydrogen-bond acceptors (Lipinski definition) is 6. The van der Waals surface area contributed by atoms with Crippen molar-refractivity contribution >= 4 is 28.6 Å². The summed E-state index contributed by atoms with van der Waals surface area (Å²) >= 11 is 1.34. The molecule has 0 unspecified atom stereocenters. The number of hydrogen-bond donors (Lipinski definition) is 3. The van der Waals surface area contributed by atoms with Gasteiger partial charge in [-0.15, -0.1) is 11.3 Å². The lowest BCUT2D eigenvalue weighted by atomic mass is 9.96. The molecule has 0 spiro atoms. The first kappa shape index (κ1) is 21.1. The average Bonchev–Trinajstić information content (AvgIpc) is 3.38. The highest BCUT2D eigenvalue weighted by Crippen LogP contribution is 2.40. The Labute approximate surface area is 189 Å². The molecule has 1 aliphatic rings. The van der Waals surface area contributed by atoms with Gasteiger partial charge in [-0.2, -0.15) is 18.3 Å².